The van der Waals surface area contributed by atoms with Crippen molar-refractivity contribution in [1.82, 2.24) is 0 Å². The van der Waals surface area contributed by atoms with Crippen LogP contribution in [0, 0.1) is 20.2 Å². The lowest BCUT2D eigenvalue weighted by Crippen LogP contribution is -1.92. The van der Waals surface area contributed by atoms with Gasteiger partial charge in [-0.15, -0.1) is 0 Å². The first-order valence-electron chi connectivity index (χ1n) is 7.76. The van der Waals surface area contributed by atoms with Gasteiger partial charge in [0, 0.05) is 29.8 Å². The Balaban J connectivity index is 1.59. The van der Waals surface area contributed by atoms with Crippen molar-refractivity contribution in [1.29, 1.82) is 0 Å². The molecule has 0 bridgehead atoms. The zero-order valence-corrected chi connectivity index (χ0v) is 13.8. The molecule has 0 saturated carbocycles. The number of benzene rings is 2. The predicted octanol–water partition coefficient (Wildman–Crippen LogP) is 4.31. The summed E-state index contributed by atoms with van der Waals surface area (Å²) >= 11 is 0. The SMILES string of the molecule is O=[N+]([O-])c1ccc(-c2ccc(/C=N/OCc3cccc([N+](=O)[O-])c3)o2)cc1. The standard InChI is InChI=1S/C18H13N3O6/c22-20(23)15-6-4-14(5-7-15)18-9-8-17(27-18)11-19-26-12-13-2-1-3-16(10-13)21(24)25/h1-11H,12H2/b19-11+. The number of hydrogen-bond donors (Lipinski definition) is 0. The molecule has 0 spiro atoms. The number of nitrogens with zero attached hydrogens (tertiary/aromatic N) is 3. The van der Waals surface area contributed by atoms with E-state index in [1.165, 1.54) is 30.5 Å². The van der Waals surface area contributed by atoms with Gasteiger partial charge >= 0.3 is 0 Å². The van der Waals surface area contributed by atoms with Gasteiger partial charge in [0.1, 0.15) is 24.3 Å². The van der Waals surface area contributed by atoms with Gasteiger partial charge in [0.05, 0.1) is 9.85 Å². The zero-order valence-electron chi connectivity index (χ0n) is 13.8. The first kappa shape index (κ1) is 17.8. The molecule has 0 radical (unpaired) electrons. The van der Waals surface area contributed by atoms with Gasteiger partial charge in [0.15, 0.2) is 0 Å². The number of furan rings is 1. The molecule has 0 aliphatic rings. The van der Waals surface area contributed by atoms with E-state index in [4.69, 9.17) is 9.25 Å². The van der Waals surface area contributed by atoms with Crippen LogP contribution in [0.4, 0.5) is 11.4 Å². The van der Waals surface area contributed by atoms with Crippen LogP contribution in [0.3, 0.4) is 0 Å². The molecule has 136 valence electrons. The van der Waals surface area contributed by atoms with Gasteiger partial charge in [-0.3, -0.25) is 20.2 Å². The zero-order chi connectivity index (χ0) is 19.2. The third-order valence-corrected chi connectivity index (χ3v) is 3.60. The Morgan fingerprint density at radius 1 is 0.963 bits per heavy atom. The summed E-state index contributed by atoms with van der Waals surface area (Å²) in [5.74, 6) is 0.965. The molecule has 9 heteroatoms. The summed E-state index contributed by atoms with van der Waals surface area (Å²) in [5.41, 5.74) is 1.30. The number of rotatable bonds is 7. The molecular formula is C18H13N3O6. The van der Waals surface area contributed by atoms with Gasteiger partial charge in [-0.25, -0.2) is 0 Å². The fraction of sp³-hybridized carbons (Fsp3) is 0.0556. The first-order valence-corrected chi connectivity index (χ1v) is 7.76. The fourth-order valence-electron chi connectivity index (χ4n) is 2.29. The Morgan fingerprint density at radius 3 is 2.41 bits per heavy atom. The molecule has 0 N–H and O–H groups in total. The Hall–Kier alpha value is -4.01. The summed E-state index contributed by atoms with van der Waals surface area (Å²) in [6.07, 6.45) is 1.37. The van der Waals surface area contributed by atoms with E-state index in [2.05, 4.69) is 5.16 Å². The van der Waals surface area contributed by atoms with Crippen LogP contribution < -0.4 is 0 Å². The Bertz CT molecular complexity index is 994. The summed E-state index contributed by atoms with van der Waals surface area (Å²) in [5, 5.41) is 25.2. The topological polar surface area (TPSA) is 121 Å². The molecular weight excluding hydrogens is 354 g/mol. The van der Waals surface area contributed by atoms with Gasteiger partial charge in [0.25, 0.3) is 11.4 Å². The number of non-ortho nitro benzene ring substituents is 2. The van der Waals surface area contributed by atoms with Crippen LogP contribution in [0.2, 0.25) is 0 Å². The van der Waals surface area contributed by atoms with Crippen LogP contribution >= 0.6 is 0 Å². The molecule has 0 fully saturated rings. The van der Waals surface area contributed by atoms with E-state index in [0.29, 0.717) is 22.6 Å². The Morgan fingerprint density at radius 2 is 1.70 bits per heavy atom. The van der Waals surface area contributed by atoms with Gasteiger partial charge in [-0.1, -0.05) is 17.3 Å². The van der Waals surface area contributed by atoms with E-state index in [9.17, 15) is 20.2 Å². The molecule has 9 nitrogen and oxygen atoms in total. The summed E-state index contributed by atoms with van der Waals surface area (Å²) < 4.78 is 5.58. The molecule has 0 aliphatic carbocycles. The van der Waals surface area contributed by atoms with Crippen molar-refractivity contribution in [3.8, 4) is 11.3 Å². The van der Waals surface area contributed by atoms with E-state index in [0.717, 1.165) is 0 Å². The first-order chi connectivity index (χ1) is 13.0. The summed E-state index contributed by atoms with van der Waals surface area (Å²) in [6, 6.07) is 15.4. The molecule has 0 atom stereocenters. The smallest absolute Gasteiger partial charge is 0.269 e. The second-order valence-corrected chi connectivity index (χ2v) is 5.44. The number of oxime groups is 1. The van der Waals surface area contributed by atoms with Crippen molar-refractivity contribution in [3.63, 3.8) is 0 Å². The van der Waals surface area contributed by atoms with Crippen LogP contribution in [0.25, 0.3) is 11.3 Å². The molecule has 0 unspecified atom stereocenters. The second-order valence-electron chi connectivity index (χ2n) is 5.44. The Kier molecular flexibility index (Phi) is 5.22. The lowest BCUT2D eigenvalue weighted by molar-refractivity contribution is -0.385. The van der Waals surface area contributed by atoms with Gasteiger partial charge < -0.3 is 9.25 Å². The van der Waals surface area contributed by atoms with Crippen LogP contribution in [0.15, 0.2) is 70.2 Å². The predicted molar refractivity (Wildman–Crippen MR) is 96.3 cm³/mol. The van der Waals surface area contributed by atoms with Crippen molar-refractivity contribution < 1.29 is 19.1 Å². The fourth-order valence-corrected chi connectivity index (χ4v) is 2.29. The minimum atomic E-state index is -0.477. The lowest BCUT2D eigenvalue weighted by Gasteiger charge is -1.99. The summed E-state index contributed by atoms with van der Waals surface area (Å²) in [4.78, 5) is 25.6. The molecule has 0 aliphatic heterocycles. The van der Waals surface area contributed by atoms with E-state index >= 15 is 0 Å². The third-order valence-electron chi connectivity index (χ3n) is 3.60. The van der Waals surface area contributed by atoms with Crippen LogP contribution in [-0.2, 0) is 11.4 Å². The van der Waals surface area contributed by atoms with E-state index in [-0.39, 0.29) is 18.0 Å². The number of nitro benzene ring substituents is 2. The highest BCUT2D eigenvalue weighted by Gasteiger charge is 2.08. The lowest BCUT2D eigenvalue weighted by atomic mass is 10.1. The summed E-state index contributed by atoms with van der Waals surface area (Å²) in [6.45, 7) is 0.0775. The highest BCUT2D eigenvalue weighted by molar-refractivity contribution is 5.77. The Labute approximate surface area is 152 Å². The normalized spacial score (nSPS) is 10.8. The largest absolute Gasteiger partial charge is 0.455 e. The maximum Gasteiger partial charge on any atom is 0.269 e. The van der Waals surface area contributed by atoms with Crippen molar-refractivity contribution in [3.05, 3.63) is 92.2 Å². The maximum atomic E-state index is 10.7. The third kappa shape index (κ3) is 4.54. The van der Waals surface area contributed by atoms with Crippen LogP contribution in [-0.4, -0.2) is 16.1 Å². The average Bonchev–Trinajstić information content (AvgIpc) is 3.14. The van der Waals surface area contributed by atoms with Crippen LogP contribution in [0.1, 0.15) is 11.3 Å². The maximum absolute atomic E-state index is 10.7. The van der Waals surface area contributed by atoms with Crippen molar-refractivity contribution in [2.45, 2.75) is 6.61 Å². The van der Waals surface area contributed by atoms with E-state index < -0.39 is 9.85 Å². The van der Waals surface area contributed by atoms with E-state index in [1.807, 2.05) is 0 Å². The van der Waals surface area contributed by atoms with Crippen LogP contribution in [0.5, 0.6) is 0 Å². The van der Waals surface area contributed by atoms with E-state index in [1.54, 1.807) is 36.4 Å². The molecule has 1 heterocycles. The second kappa shape index (κ2) is 7.91. The van der Waals surface area contributed by atoms with Crippen molar-refractivity contribution >= 4 is 17.6 Å². The molecule has 0 amide bonds. The molecule has 2 aromatic carbocycles. The number of hydrogen-bond acceptors (Lipinski definition) is 7. The molecule has 0 saturated heterocycles. The average molecular weight is 367 g/mol. The minimum absolute atomic E-state index is 0.00152. The molecule has 1 aromatic heterocycles. The van der Waals surface area contributed by atoms with Gasteiger partial charge in [-0.2, -0.15) is 0 Å². The monoisotopic (exact) mass is 367 g/mol. The van der Waals surface area contributed by atoms with Gasteiger partial charge in [-0.05, 0) is 29.8 Å². The minimum Gasteiger partial charge on any atom is -0.455 e. The van der Waals surface area contributed by atoms with Crippen molar-refractivity contribution in [2.24, 2.45) is 5.16 Å². The molecule has 3 aromatic rings. The van der Waals surface area contributed by atoms with Gasteiger partial charge in [0.2, 0.25) is 0 Å². The van der Waals surface area contributed by atoms with Crippen molar-refractivity contribution in [2.75, 3.05) is 0 Å². The molecule has 3 rings (SSSR count). The molecule has 27 heavy (non-hydrogen) atoms. The summed E-state index contributed by atoms with van der Waals surface area (Å²) in [7, 11) is 0. The highest BCUT2D eigenvalue weighted by Crippen LogP contribution is 2.24. The quantitative estimate of drug-likeness (QED) is 0.348. The number of nitro groups is 2. The highest BCUT2D eigenvalue weighted by atomic mass is 16.6.